The van der Waals surface area contributed by atoms with E-state index in [-0.39, 0.29) is 19.0 Å². The maximum atomic E-state index is 12.0. The number of hydrogen-bond donors (Lipinski definition) is 2. The minimum atomic E-state index is -3.78. The van der Waals surface area contributed by atoms with Crippen molar-refractivity contribution in [3.63, 3.8) is 0 Å². The van der Waals surface area contributed by atoms with Crippen LogP contribution in [0.1, 0.15) is 14.5 Å². The van der Waals surface area contributed by atoms with Crippen LogP contribution in [0.4, 0.5) is 5.00 Å². The lowest BCUT2D eigenvalue weighted by molar-refractivity contribution is 0.0702. The largest absolute Gasteiger partial charge is 0.477 e. The Balaban J connectivity index is 2.26. The van der Waals surface area contributed by atoms with Crippen molar-refractivity contribution in [1.82, 2.24) is 0 Å². The molecule has 2 aromatic heterocycles. The summed E-state index contributed by atoms with van der Waals surface area (Å²) >= 11 is 1.67. The third kappa shape index (κ3) is 2.93. The lowest BCUT2D eigenvalue weighted by Gasteiger charge is -2.02. The highest BCUT2D eigenvalue weighted by Gasteiger charge is 2.18. The molecule has 0 aromatic carbocycles. The van der Waals surface area contributed by atoms with Crippen LogP contribution in [-0.4, -0.2) is 19.5 Å². The first-order valence-electron chi connectivity index (χ1n) is 4.78. The lowest BCUT2D eigenvalue weighted by atomic mass is 10.5. The van der Waals surface area contributed by atoms with Gasteiger partial charge >= 0.3 is 5.97 Å². The van der Waals surface area contributed by atoms with Gasteiger partial charge in [0.2, 0.25) is 0 Å². The van der Waals surface area contributed by atoms with Gasteiger partial charge in [0, 0.05) is 0 Å². The smallest absolute Gasteiger partial charge is 0.345 e. The van der Waals surface area contributed by atoms with E-state index in [4.69, 9.17) is 10.4 Å². The molecule has 2 rings (SSSR count). The van der Waals surface area contributed by atoms with Crippen LogP contribution in [0.3, 0.4) is 0 Å². The standard InChI is InChI=1S/C10H6N2O4S3/c11-5-6-1-4-9(17-6)19(15,16)12-8-3-2-7(18-8)10(13)14/h1-4,12H,(H,13,14). The molecule has 0 saturated carbocycles. The third-order valence-corrected chi connectivity index (χ3v) is 5.97. The monoisotopic (exact) mass is 314 g/mol. The van der Waals surface area contributed by atoms with Crippen LogP contribution < -0.4 is 4.72 Å². The van der Waals surface area contributed by atoms with Crippen molar-refractivity contribution in [2.75, 3.05) is 4.72 Å². The summed E-state index contributed by atoms with van der Waals surface area (Å²) in [5, 5.41) is 17.6. The summed E-state index contributed by atoms with van der Waals surface area (Å²) in [5.41, 5.74) is 0. The van der Waals surface area contributed by atoms with Crippen LogP contribution in [0, 0.1) is 11.3 Å². The molecule has 2 heterocycles. The second kappa shape index (κ2) is 5.00. The molecule has 9 heteroatoms. The summed E-state index contributed by atoms with van der Waals surface area (Å²) < 4.78 is 26.2. The Morgan fingerprint density at radius 1 is 1.26 bits per heavy atom. The molecule has 98 valence electrons. The summed E-state index contributed by atoms with van der Waals surface area (Å²) in [7, 11) is -3.78. The number of carbonyl (C=O) groups is 1. The number of nitriles is 1. The molecule has 19 heavy (non-hydrogen) atoms. The first-order chi connectivity index (χ1) is 8.92. The number of rotatable bonds is 4. The highest BCUT2D eigenvalue weighted by Crippen LogP contribution is 2.27. The zero-order valence-corrected chi connectivity index (χ0v) is 11.6. The van der Waals surface area contributed by atoms with E-state index in [2.05, 4.69) is 4.72 Å². The van der Waals surface area contributed by atoms with Crippen LogP contribution in [0.25, 0.3) is 0 Å². The first kappa shape index (κ1) is 13.5. The first-order valence-corrected chi connectivity index (χ1v) is 7.90. The number of nitrogens with zero attached hydrogens (tertiary/aromatic N) is 1. The minimum Gasteiger partial charge on any atom is -0.477 e. The van der Waals surface area contributed by atoms with E-state index >= 15 is 0 Å². The number of carboxylic acid groups (broad SMARTS) is 1. The zero-order valence-electron chi connectivity index (χ0n) is 9.15. The Morgan fingerprint density at radius 3 is 2.53 bits per heavy atom. The molecule has 0 radical (unpaired) electrons. The number of thiophene rings is 2. The molecule has 0 aliphatic heterocycles. The fourth-order valence-electron chi connectivity index (χ4n) is 1.22. The molecule has 0 unspecified atom stereocenters. The predicted octanol–water partition coefficient (Wildman–Crippen LogP) is 2.18. The van der Waals surface area contributed by atoms with E-state index in [0.717, 1.165) is 22.7 Å². The van der Waals surface area contributed by atoms with E-state index in [1.807, 2.05) is 6.07 Å². The van der Waals surface area contributed by atoms with Crippen molar-refractivity contribution in [1.29, 1.82) is 5.26 Å². The Bertz CT molecular complexity index is 767. The fourth-order valence-corrected chi connectivity index (χ4v) is 4.36. The molecule has 0 aliphatic rings. The van der Waals surface area contributed by atoms with Gasteiger partial charge in [0.25, 0.3) is 10.0 Å². The van der Waals surface area contributed by atoms with Gasteiger partial charge in [-0.2, -0.15) is 5.26 Å². The molecular weight excluding hydrogens is 308 g/mol. The molecule has 2 N–H and O–H groups in total. The number of aromatic carboxylic acids is 1. The fraction of sp³-hybridized carbons (Fsp3) is 0. The summed E-state index contributed by atoms with van der Waals surface area (Å²) in [6, 6.07) is 7.30. The van der Waals surface area contributed by atoms with Crippen LogP contribution >= 0.6 is 22.7 Å². The van der Waals surface area contributed by atoms with Crippen LogP contribution in [0.5, 0.6) is 0 Å². The molecule has 0 fully saturated rings. The van der Waals surface area contributed by atoms with Gasteiger partial charge in [0.1, 0.15) is 25.0 Å². The second-order valence-corrected chi connectivity index (χ2v) is 7.38. The SMILES string of the molecule is N#Cc1ccc(S(=O)(=O)Nc2ccc(C(=O)O)s2)s1. The quantitative estimate of drug-likeness (QED) is 0.899. The van der Waals surface area contributed by atoms with Gasteiger partial charge < -0.3 is 5.11 Å². The van der Waals surface area contributed by atoms with Gasteiger partial charge in [-0.25, -0.2) is 13.2 Å². The van der Waals surface area contributed by atoms with Crippen LogP contribution in [-0.2, 0) is 10.0 Å². The lowest BCUT2D eigenvalue weighted by Crippen LogP contribution is -2.10. The van der Waals surface area contributed by atoms with Crippen molar-refractivity contribution < 1.29 is 18.3 Å². The van der Waals surface area contributed by atoms with Gasteiger partial charge in [-0.05, 0) is 24.3 Å². The maximum absolute atomic E-state index is 12.0. The maximum Gasteiger partial charge on any atom is 0.345 e. The Hall–Kier alpha value is -1.89. The highest BCUT2D eigenvalue weighted by atomic mass is 32.2. The molecule has 0 spiro atoms. The predicted molar refractivity (Wildman–Crippen MR) is 71.1 cm³/mol. The van der Waals surface area contributed by atoms with E-state index in [9.17, 15) is 13.2 Å². The summed E-state index contributed by atoms with van der Waals surface area (Å²) in [4.78, 5) is 11.0. The number of anilines is 1. The topological polar surface area (TPSA) is 107 Å². The van der Waals surface area contributed by atoms with E-state index in [0.29, 0.717) is 0 Å². The molecule has 6 nitrogen and oxygen atoms in total. The van der Waals surface area contributed by atoms with Gasteiger partial charge in [-0.15, -0.1) is 22.7 Å². The van der Waals surface area contributed by atoms with Crippen LogP contribution in [0.15, 0.2) is 28.5 Å². The summed E-state index contributed by atoms with van der Waals surface area (Å²) in [5.74, 6) is -1.11. The van der Waals surface area contributed by atoms with Crippen LogP contribution in [0.2, 0.25) is 0 Å². The van der Waals surface area contributed by atoms with Crippen molar-refractivity contribution >= 4 is 43.7 Å². The number of nitrogens with one attached hydrogen (secondary N) is 1. The van der Waals surface area contributed by atoms with Gasteiger partial charge in [-0.1, -0.05) is 0 Å². The van der Waals surface area contributed by atoms with Gasteiger partial charge in [-0.3, -0.25) is 4.72 Å². The van der Waals surface area contributed by atoms with Crippen molar-refractivity contribution in [2.45, 2.75) is 4.21 Å². The van der Waals surface area contributed by atoms with E-state index in [1.165, 1.54) is 24.3 Å². The molecule has 0 amide bonds. The van der Waals surface area contributed by atoms with Gasteiger partial charge in [0.15, 0.2) is 0 Å². The average molecular weight is 314 g/mol. The minimum absolute atomic E-state index is 0.00863. The molecule has 0 atom stereocenters. The van der Waals surface area contributed by atoms with E-state index < -0.39 is 16.0 Å². The van der Waals surface area contributed by atoms with Crippen molar-refractivity contribution in [2.24, 2.45) is 0 Å². The normalized spacial score (nSPS) is 10.9. The molecule has 0 aliphatic carbocycles. The Kier molecular flexibility index (Phi) is 3.57. The molecule has 2 aromatic rings. The van der Waals surface area contributed by atoms with E-state index in [1.54, 1.807) is 0 Å². The summed E-state index contributed by atoms with van der Waals surface area (Å²) in [6.45, 7) is 0. The average Bonchev–Trinajstić information content (AvgIpc) is 2.96. The Morgan fingerprint density at radius 2 is 2.00 bits per heavy atom. The zero-order chi connectivity index (χ0) is 14.0. The Labute approximate surface area is 116 Å². The molecule has 0 bridgehead atoms. The second-order valence-electron chi connectivity index (χ2n) is 3.31. The highest BCUT2D eigenvalue weighted by molar-refractivity contribution is 7.94. The molecule has 0 saturated heterocycles. The third-order valence-electron chi connectivity index (χ3n) is 2.01. The number of sulfonamides is 1. The van der Waals surface area contributed by atoms with Crippen molar-refractivity contribution in [3.8, 4) is 6.07 Å². The molecular formula is C10H6N2O4S3. The van der Waals surface area contributed by atoms with Crippen molar-refractivity contribution in [3.05, 3.63) is 34.0 Å². The summed E-state index contributed by atoms with van der Waals surface area (Å²) in [6.07, 6.45) is 0. The number of hydrogen-bond acceptors (Lipinski definition) is 6. The van der Waals surface area contributed by atoms with Gasteiger partial charge in [0.05, 0.1) is 0 Å². The number of carboxylic acids is 1.